The van der Waals surface area contributed by atoms with Gasteiger partial charge in [-0.3, -0.25) is 0 Å². The molecule has 0 fully saturated rings. The van der Waals surface area contributed by atoms with Crippen molar-refractivity contribution < 1.29 is 13.9 Å². The van der Waals surface area contributed by atoms with E-state index in [1.807, 2.05) is 5.38 Å². The highest BCUT2D eigenvalue weighted by Crippen LogP contribution is 2.18. The third-order valence-electron chi connectivity index (χ3n) is 1.87. The highest BCUT2D eigenvalue weighted by molar-refractivity contribution is 7.07. The van der Waals surface area contributed by atoms with Crippen molar-refractivity contribution in [2.24, 2.45) is 0 Å². The Morgan fingerprint density at radius 2 is 1.88 bits per heavy atom. The molecule has 3 nitrogen and oxygen atoms in total. The molecule has 0 unspecified atom stereocenters. The average molecular weight is 238 g/mol. The van der Waals surface area contributed by atoms with E-state index in [0.717, 1.165) is 5.69 Å². The highest BCUT2D eigenvalue weighted by Gasteiger charge is 1.98. The molecule has 0 saturated heterocycles. The summed E-state index contributed by atoms with van der Waals surface area (Å²) in [5.74, 6) is 1.18. The maximum Gasteiger partial charge on any atom is 0.228 e. The molecule has 1 aromatic carbocycles. The molecule has 0 bridgehead atoms. The molecular formula is C11H9FNO2S. The van der Waals surface area contributed by atoms with Gasteiger partial charge in [-0.2, -0.15) is 0 Å². The Morgan fingerprint density at radius 3 is 2.44 bits per heavy atom. The van der Waals surface area contributed by atoms with Gasteiger partial charge in [0.25, 0.3) is 0 Å². The zero-order valence-electron chi connectivity index (χ0n) is 8.35. The fourth-order valence-corrected chi connectivity index (χ4v) is 1.60. The zero-order chi connectivity index (χ0) is 11.2. The Hall–Kier alpha value is -1.62. The van der Waals surface area contributed by atoms with Gasteiger partial charge in [0, 0.05) is 5.38 Å². The number of alkyl halides is 1. The number of hydrogen-bond acceptors (Lipinski definition) is 4. The maximum absolute atomic E-state index is 11.8. The van der Waals surface area contributed by atoms with E-state index in [4.69, 9.17) is 4.74 Å². The normalized spacial score (nSPS) is 10.1. The number of halogens is 1. The van der Waals surface area contributed by atoms with Crippen molar-refractivity contribution in [1.29, 1.82) is 0 Å². The van der Waals surface area contributed by atoms with Crippen molar-refractivity contribution >= 4 is 11.3 Å². The average Bonchev–Trinajstić information content (AvgIpc) is 2.82. The molecule has 0 atom stereocenters. The molecule has 0 amide bonds. The van der Waals surface area contributed by atoms with Gasteiger partial charge in [-0.25, -0.2) is 9.37 Å². The van der Waals surface area contributed by atoms with Crippen LogP contribution in [0, 0.1) is 5.51 Å². The van der Waals surface area contributed by atoms with Gasteiger partial charge in [-0.05, 0) is 24.3 Å². The summed E-state index contributed by atoms with van der Waals surface area (Å²) in [4.78, 5) is 3.97. The van der Waals surface area contributed by atoms with Crippen molar-refractivity contribution in [3.63, 3.8) is 0 Å². The van der Waals surface area contributed by atoms with Crippen molar-refractivity contribution in [3.05, 3.63) is 40.8 Å². The van der Waals surface area contributed by atoms with Gasteiger partial charge in [0.2, 0.25) is 6.86 Å². The molecule has 2 aromatic rings. The number of nitrogens with zero attached hydrogens (tertiary/aromatic N) is 1. The van der Waals surface area contributed by atoms with Crippen LogP contribution in [0.25, 0.3) is 0 Å². The Balaban J connectivity index is 1.90. The molecule has 0 saturated carbocycles. The second-order valence-electron chi connectivity index (χ2n) is 2.94. The van der Waals surface area contributed by atoms with Crippen LogP contribution < -0.4 is 9.47 Å². The second kappa shape index (κ2) is 5.46. The molecule has 1 heterocycles. The fourth-order valence-electron chi connectivity index (χ4n) is 1.12. The molecule has 5 heteroatoms. The van der Waals surface area contributed by atoms with E-state index in [1.54, 1.807) is 24.3 Å². The molecule has 1 radical (unpaired) electrons. The molecule has 0 aliphatic rings. The summed E-state index contributed by atoms with van der Waals surface area (Å²) in [6.45, 7) is -0.418. The SMILES string of the molecule is FCOc1ccc(OCc2cs[c]n2)cc1. The lowest BCUT2D eigenvalue weighted by Crippen LogP contribution is -1.95. The number of hydrogen-bond donors (Lipinski definition) is 0. The van der Waals surface area contributed by atoms with E-state index in [0.29, 0.717) is 18.1 Å². The van der Waals surface area contributed by atoms with Crippen LogP contribution in [0.5, 0.6) is 11.5 Å². The van der Waals surface area contributed by atoms with Gasteiger partial charge in [0.15, 0.2) is 5.51 Å². The summed E-state index contributed by atoms with van der Waals surface area (Å²) >= 11 is 1.41. The third-order valence-corrected chi connectivity index (χ3v) is 2.46. The zero-order valence-corrected chi connectivity index (χ0v) is 9.17. The lowest BCUT2D eigenvalue weighted by atomic mass is 10.3. The first-order chi connectivity index (χ1) is 7.88. The van der Waals surface area contributed by atoms with Crippen LogP contribution in [-0.4, -0.2) is 11.8 Å². The Morgan fingerprint density at radius 1 is 1.19 bits per heavy atom. The highest BCUT2D eigenvalue weighted by atomic mass is 32.1. The predicted octanol–water partition coefficient (Wildman–Crippen LogP) is 2.83. The monoisotopic (exact) mass is 238 g/mol. The summed E-state index contributed by atoms with van der Waals surface area (Å²) in [6.07, 6.45) is 0. The van der Waals surface area contributed by atoms with Crippen LogP contribution in [0.15, 0.2) is 29.6 Å². The van der Waals surface area contributed by atoms with Gasteiger partial charge in [0.05, 0.1) is 5.69 Å². The molecule has 1 aromatic heterocycles. The summed E-state index contributed by atoms with van der Waals surface area (Å²) in [5, 5.41) is 1.88. The minimum Gasteiger partial charge on any atom is -0.487 e. The van der Waals surface area contributed by atoms with Crippen molar-refractivity contribution in [2.75, 3.05) is 6.86 Å². The molecule has 0 aliphatic heterocycles. The molecule has 16 heavy (non-hydrogen) atoms. The first kappa shape index (κ1) is 10.9. The van der Waals surface area contributed by atoms with Crippen LogP contribution in [-0.2, 0) is 6.61 Å². The lowest BCUT2D eigenvalue weighted by molar-refractivity contribution is 0.191. The first-order valence-corrected chi connectivity index (χ1v) is 5.48. The number of benzene rings is 1. The predicted molar refractivity (Wildman–Crippen MR) is 58.3 cm³/mol. The standard InChI is InChI=1S/C11H9FNO2S/c12-7-15-11-3-1-10(2-4-11)14-5-9-6-16-8-13-9/h1-4,6H,5,7H2. The number of ether oxygens (including phenoxy) is 2. The second-order valence-corrected chi connectivity index (χ2v) is 3.60. The molecule has 0 N–H and O–H groups in total. The van der Waals surface area contributed by atoms with Crippen LogP contribution in [0.1, 0.15) is 5.69 Å². The Bertz CT molecular complexity index is 416. The summed E-state index contributed by atoms with van der Waals surface area (Å²) < 4.78 is 22.0. The number of rotatable bonds is 5. The fraction of sp³-hybridized carbons (Fsp3) is 0.182. The van der Waals surface area contributed by atoms with Gasteiger partial charge in [-0.15, -0.1) is 11.3 Å². The summed E-state index contributed by atoms with van der Waals surface area (Å²) in [6, 6.07) is 6.76. The Kier molecular flexibility index (Phi) is 3.71. The minimum atomic E-state index is -0.825. The molecule has 83 valence electrons. The molecule has 2 rings (SSSR count). The van der Waals surface area contributed by atoms with Crippen molar-refractivity contribution in [2.45, 2.75) is 6.61 Å². The quantitative estimate of drug-likeness (QED) is 0.802. The van der Waals surface area contributed by atoms with Gasteiger partial charge in [-0.1, -0.05) is 0 Å². The molecule has 0 spiro atoms. The number of aromatic nitrogens is 1. The van der Waals surface area contributed by atoms with E-state index in [-0.39, 0.29) is 0 Å². The van der Waals surface area contributed by atoms with Crippen molar-refractivity contribution in [3.8, 4) is 11.5 Å². The van der Waals surface area contributed by atoms with E-state index in [1.165, 1.54) is 11.3 Å². The van der Waals surface area contributed by atoms with Crippen molar-refractivity contribution in [1.82, 2.24) is 4.98 Å². The largest absolute Gasteiger partial charge is 0.487 e. The van der Waals surface area contributed by atoms with E-state index in [2.05, 4.69) is 15.2 Å². The number of thiazole rings is 1. The minimum absolute atomic E-state index is 0.406. The third kappa shape index (κ3) is 2.93. The summed E-state index contributed by atoms with van der Waals surface area (Å²) in [7, 11) is 0. The van der Waals surface area contributed by atoms with Gasteiger partial charge < -0.3 is 9.47 Å². The molecule has 0 aliphatic carbocycles. The van der Waals surface area contributed by atoms with E-state index >= 15 is 0 Å². The summed E-state index contributed by atoms with van der Waals surface area (Å²) in [5.41, 5.74) is 3.58. The Labute approximate surface area is 96.5 Å². The van der Waals surface area contributed by atoms with Crippen LogP contribution in [0.2, 0.25) is 0 Å². The van der Waals surface area contributed by atoms with Gasteiger partial charge >= 0.3 is 0 Å². The first-order valence-electron chi connectivity index (χ1n) is 4.60. The van der Waals surface area contributed by atoms with E-state index in [9.17, 15) is 4.39 Å². The lowest BCUT2D eigenvalue weighted by Gasteiger charge is -2.05. The molecular weight excluding hydrogens is 229 g/mol. The maximum atomic E-state index is 11.8. The van der Waals surface area contributed by atoms with Crippen LogP contribution >= 0.6 is 11.3 Å². The van der Waals surface area contributed by atoms with E-state index < -0.39 is 6.86 Å². The smallest absolute Gasteiger partial charge is 0.228 e. The van der Waals surface area contributed by atoms with Crippen LogP contribution in [0.3, 0.4) is 0 Å². The van der Waals surface area contributed by atoms with Crippen LogP contribution in [0.4, 0.5) is 4.39 Å². The topological polar surface area (TPSA) is 31.4 Å². The van der Waals surface area contributed by atoms with Gasteiger partial charge in [0.1, 0.15) is 18.1 Å².